The van der Waals surface area contributed by atoms with Crippen LogP contribution < -0.4 is 14.8 Å². The fourth-order valence-corrected chi connectivity index (χ4v) is 4.46. The van der Waals surface area contributed by atoms with Gasteiger partial charge >= 0.3 is 0 Å². The van der Waals surface area contributed by atoms with Gasteiger partial charge in [-0.15, -0.1) is 0 Å². The van der Waals surface area contributed by atoms with Crippen molar-refractivity contribution in [3.8, 4) is 11.6 Å². The number of aromatic nitrogens is 1. The quantitative estimate of drug-likeness (QED) is 0.669. The molecule has 1 aliphatic rings. The first-order valence-electron chi connectivity index (χ1n) is 9.57. The topological polar surface area (TPSA) is 107 Å². The molecule has 1 aromatic heterocycles. The molecule has 162 valence electrons. The van der Waals surface area contributed by atoms with E-state index in [0.29, 0.717) is 25.7 Å². The van der Waals surface area contributed by atoms with Gasteiger partial charge in [-0.3, -0.25) is 4.79 Å². The lowest BCUT2D eigenvalue weighted by Crippen LogP contribution is -2.40. The lowest BCUT2D eigenvalue weighted by molar-refractivity contribution is 0.0730. The summed E-state index contributed by atoms with van der Waals surface area (Å²) in [7, 11) is -2.30. The predicted octanol–water partition coefficient (Wildman–Crippen LogP) is 1.44. The number of carbonyl (C=O) groups is 1. The second-order valence-electron chi connectivity index (χ2n) is 6.50. The molecule has 0 atom stereocenters. The van der Waals surface area contributed by atoms with Gasteiger partial charge in [0.25, 0.3) is 5.91 Å². The van der Waals surface area contributed by atoms with Crippen molar-refractivity contribution in [3.05, 3.63) is 47.7 Å². The first-order valence-corrected chi connectivity index (χ1v) is 11.0. The minimum Gasteiger partial charge on any atom is -0.496 e. The number of benzene rings is 1. The Hall–Kier alpha value is -2.69. The van der Waals surface area contributed by atoms with Crippen molar-refractivity contribution in [1.29, 1.82) is 0 Å². The monoisotopic (exact) mass is 435 g/mol. The van der Waals surface area contributed by atoms with Gasteiger partial charge in [0.05, 0.1) is 37.4 Å². The van der Waals surface area contributed by atoms with Crippen LogP contribution >= 0.6 is 0 Å². The van der Waals surface area contributed by atoms with Crippen molar-refractivity contribution in [2.45, 2.75) is 18.4 Å². The highest BCUT2D eigenvalue weighted by atomic mass is 32.2. The van der Waals surface area contributed by atoms with Crippen LogP contribution in [0.2, 0.25) is 0 Å². The molecule has 0 unspecified atom stereocenters. The van der Waals surface area contributed by atoms with Crippen molar-refractivity contribution in [3.63, 3.8) is 0 Å². The third-order valence-corrected chi connectivity index (χ3v) is 6.46. The molecule has 1 amide bonds. The third-order valence-electron chi connectivity index (χ3n) is 4.57. The second-order valence-corrected chi connectivity index (χ2v) is 8.43. The number of hydrogen-bond acceptors (Lipinski definition) is 7. The Morgan fingerprint density at radius 1 is 1.23 bits per heavy atom. The summed E-state index contributed by atoms with van der Waals surface area (Å²) in [6, 6.07) is 7.77. The van der Waals surface area contributed by atoms with Gasteiger partial charge in [-0.1, -0.05) is 0 Å². The molecule has 1 fully saturated rings. The fourth-order valence-electron chi connectivity index (χ4n) is 3.03. The van der Waals surface area contributed by atoms with Crippen LogP contribution in [0, 0.1) is 0 Å². The van der Waals surface area contributed by atoms with E-state index in [1.54, 1.807) is 18.3 Å². The zero-order valence-electron chi connectivity index (χ0n) is 17.0. The highest BCUT2D eigenvalue weighted by Gasteiger charge is 2.28. The van der Waals surface area contributed by atoms with Crippen molar-refractivity contribution >= 4 is 15.9 Å². The maximum atomic E-state index is 12.9. The van der Waals surface area contributed by atoms with Crippen molar-refractivity contribution < 1.29 is 27.4 Å². The summed E-state index contributed by atoms with van der Waals surface area (Å²) in [4.78, 5) is 16.9. The van der Waals surface area contributed by atoms with E-state index >= 15 is 0 Å². The third kappa shape index (κ3) is 5.07. The van der Waals surface area contributed by atoms with Gasteiger partial charge in [0.2, 0.25) is 15.9 Å². The number of ether oxygens (including phenoxy) is 3. The standard InChI is InChI=1S/C20H25N3O6S/c1-3-29-19-12-15(6-7-21-19)14-22-20(24)17-13-16(4-5-18(17)27-2)30(25,26)23-8-10-28-11-9-23/h4-7,12-13H,3,8-11,14H2,1-2H3,(H,22,24). The normalized spacial score (nSPS) is 14.9. The summed E-state index contributed by atoms with van der Waals surface area (Å²) >= 11 is 0. The summed E-state index contributed by atoms with van der Waals surface area (Å²) in [5.41, 5.74) is 0.948. The summed E-state index contributed by atoms with van der Waals surface area (Å²) in [6.07, 6.45) is 1.60. The maximum absolute atomic E-state index is 12.9. The van der Waals surface area contributed by atoms with Gasteiger partial charge in [0.15, 0.2) is 0 Å². The molecular weight excluding hydrogens is 410 g/mol. The van der Waals surface area contributed by atoms with E-state index in [2.05, 4.69) is 10.3 Å². The smallest absolute Gasteiger partial charge is 0.255 e. The molecule has 1 aromatic carbocycles. The van der Waals surface area contributed by atoms with E-state index in [9.17, 15) is 13.2 Å². The van der Waals surface area contributed by atoms with Gasteiger partial charge in [-0.2, -0.15) is 4.31 Å². The number of nitrogens with one attached hydrogen (secondary N) is 1. The second kappa shape index (κ2) is 9.88. The Morgan fingerprint density at radius 2 is 2.00 bits per heavy atom. The van der Waals surface area contributed by atoms with Crippen LogP contribution in [0.4, 0.5) is 0 Å². The van der Waals surface area contributed by atoms with E-state index < -0.39 is 15.9 Å². The molecule has 0 saturated carbocycles. The maximum Gasteiger partial charge on any atom is 0.255 e. The average Bonchev–Trinajstić information content (AvgIpc) is 2.78. The molecule has 0 radical (unpaired) electrons. The largest absolute Gasteiger partial charge is 0.496 e. The Kier molecular flexibility index (Phi) is 7.24. The van der Waals surface area contributed by atoms with Crippen LogP contribution in [0.1, 0.15) is 22.8 Å². The number of rotatable bonds is 8. The number of amides is 1. The van der Waals surface area contributed by atoms with Crippen LogP contribution in [0.15, 0.2) is 41.4 Å². The fraction of sp³-hybridized carbons (Fsp3) is 0.400. The van der Waals surface area contributed by atoms with E-state index in [1.165, 1.54) is 29.6 Å². The first kappa shape index (κ1) is 22.0. The average molecular weight is 436 g/mol. The molecule has 3 rings (SSSR count). The predicted molar refractivity (Wildman–Crippen MR) is 109 cm³/mol. The Bertz CT molecular complexity index is 990. The minimum atomic E-state index is -3.73. The zero-order chi connectivity index (χ0) is 21.6. The van der Waals surface area contributed by atoms with Crippen molar-refractivity contribution in [1.82, 2.24) is 14.6 Å². The number of nitrogens with zero attached hydrogens (tertiary/aromatic N) is 2. The van der Waals surface area contributed by atoms with Gasteiger partial charge < -0.3 is 19.5 Å². The number of carbonyl (C=O) groups excluding carboxylic acids is 1. The lowest BCUT2D eigenvalue weighted by atomic mass is 10.1. The zero-order valence-corrected chi connectivity index (χ0v) is 17.8. The van der Waals surface area contributed by atoms with Gasteiger partial charge in [0, 0.05) is 31.9 Å². The molecule has 1 N–H and O–H groups in total. The Labute approximate surface area is 176 Å². The minimum absolute atomic E-state index is 0.0397. The molecule has 2 aromatic rings. The van der Waals surface area contributed by atoms with E-state index in [1.807, 2.05) is 6.92 Å². The van der Waals surface area contributed by atoms with E-state index in [-0.39, 0.29) is 35.8 Å². The van der Waals surface area contributed by atoms with Crippen LogP contribution in [-0.4, -0.2) is 63.6 Å². The molecule has 9 nitrogen and oxygen atoms in total. The summed E-state index contributed by atoms with van der Waals surface area (Å²) in [6.45, 7) is 3.83. The molecule has 10 heteroatoms. The molecule has 2 heterocycles. The number of methoxy groups -OCH3 is 1. The van der Waals surface area contributed by atoms with Crippen molar-refractivity contribution in [2.75, 3.05) is 40.0 Å². The Balaban J connectivity index is 1.79. The highest BCUT2D eigenvalue weighted by molar-refractivity contribution is 7.89. The number of pyridine rings is 1. The van der Waals surface area contributed by atoms with Crippen LogP contribution in [0.5, 0.6) is 11.6 Å². The number of morpholine rings is 1. The summed E-state index contributed by atoms with van der Waals surface area (Å²) in [5.74, 6) is 0.319. The van der Waals surface area contributed by atoms with Gasteiger partial charge in [-0.05, 0) is 36.8 Å². The van der Waals surface area contributed by atoms with Crippen molar-refractivity contribution in [2.24, 2.45) is 0 Å². The number of hydrogen-bond donors (Lipinski definition) is 1. The highest BCUT2D eigenvalue weighted by Crippen LogP contribution is 2.25. The Morgan fingerprint density at radius 3 is 2.70 bits per heavy atom. The SMILES string of the molecule is CCOc1cc(CNC(=O)c2cc(S(=O)(=O)N3CCOCC3)ccc2OC)ccn1. The van der Waals surface area contributed by atoms with Crippen LogP contribution in [0.3, 0.4) is 0 Å². The summed E-state index contributed by atoms with van der Waals surface area (Å²) < 4.78 is 43.0. The van der Waals surface area contributed by atoms with Crippen LogP contribution in [-0.2, 0) is 21.3 Å². The molecular formula is C20H25N3O6S. The molecule has 1 saturated heterocycles. The van der Waals surface area contributed by atoms with E-state index in [4.69, 9.17) is 14.2 Å². The molecule has 30 heavy (non-hydrogen) atoms. The van der Waals surface area contributed by atoms with Gasteiger partial charge in [-0.25, -0.2) is 13.4 Å². The molecule has 0 bridgehead atoms. The molecule has 0 aliphatic carbocycles. The van der Waals surface area contributed by atoms with E-state index in [0.717, 1.165) is 5.56 Å². The first-order chi connectivity index (χ1) is 14.5. The van der Waals surface area contributed by atoms with Gasteiger partial charge in [0.1, 0.15) is 5.75 Å². The number of sulfonamides is 1. The molecule has 0 spiro atoms. The molecule has 1 aliphatic heterocycles. The van der Waals surface area contributed by atoms with Crippen LogP contribution in [0.25, 0.3) is 0 Å². The summed E-state index contributed by atoms with van der Waals surface area (Å²) in [5, 5.41) is 2.79. The lowest BCUT2D eigenvalue weighted by Gasteiger charge is -2.26.